The summed E-state index contributed by atoms with van der Waals surface area (Å²) in [6.45, 7) is 1.66. The van der Waals surface area contributed by atoms with Gasteiger partial charge >= 0.3 is 0 Å². The van der Waals surface area contributed by atoms with Crippen LogP contribution >= 0.6 is 0 Å². The fourth-order valence-corrected chi connectivity index (χ4v) is 2.59. The molecule has 1 aliphatic heterocycles. The molecule has 1 aliphatic rings. The molecule has 0 aromatic heterocycles. The first-order valence-corrected chi connectivity index (χ1v) is 7.42. The second-order valence-electron chi connectivity index (χ2n) is 5.21. The molecule has 1 heterocycles. The molecule has 2 N–H and O–H groups in total. The Morgan fingerprint density at radius 2 is 2.20 bits per heavy atom. The van der Waals surface area contributed by atoms with Crippen molar-refractivity contribution in [2.75, 3.05) is 20.2 Å². The molecule has 1 saturated heterocycles. The Balaban J connectivity index is 1.98. The first-order valence-electron chi connectivity index (χ1n) is 7.42. The van der Waals surface area contributed by atoms with Gasteiger partial charge in [0.05, 0.1) is 12.1 Å². The van der Waals surface area contributed by atoms with Gasteiger partial charge in [0.25, 0.3) is 0 Å². The topological polar surface area (TPSA) is 50.4 Å². The van der Waals surface area contributed by atoms with Crippen LogP contribution in [0.4, 0.5) is 0 Å². The van der Waals surface area contributed by atoms with E-state index in [9.17, 15) is 4.79 Å². The maximum atomic E-state index is 12.1. The Hall–Kier alpha value is -1.39. The van der Waals surface area contributed by atoms with E-state index in [1.54, 1.807) is 0 Å². The fraction of sp³-hybridized carbons (Fsp3) is 0.562. The molecule has 2 rings (SSSR count). The minimum atomic E-state index is -0.0271. The van der Waals surface area contributed by atoms with Gasteiger partial charge in [-0.05, 0) is 38.4 Å². The standard InChI is InChI=1S/C16H24N2O2/c1-17-11-5-10-15(19)18-16(14-9-6-12-20-14)13-7-3-2-4-8-13/h2-4,7-8,14,16-17H,5-6,9-12H2,1H3,(H,18,19). The summed E-state index contributed by atoms with van der Waals surface area (Å²) in [4.78, 5) is 12.1. The van der Waals surface area contributed by atoms with Crippen molar-refractivity contribution in [1.82, 2.24) is 10.6 Å². The Kier molecular flexibility index (Phi) is 6.02. The van der Waals surface area contributed by atoms with Crippen LogP contribution in [0.3, 0.4) is 0 Å². The summed E-state index contributed by atoms with van der Waals surface area (Å²) in [5.41, 5.74) is 1.13. The third-order valence-electron chi connectivity index (χ3n) is 3.64. The predicted molar refractivity (Wildman–Crippen MR) is 79.5 cm³/mol. The van der Waals surface area contributed by atoms with Crippen LogP contribution in [-0.4, -0.2) is 32.2 Å². The van der Waals surface area contributed by atoms with Crippen molar-refractivity contribution in [3.05, 3.63) is 35.9 Å². The zero-order valence-corrected chi connectivity index (χ0v) is 12.1. The van der Waals surface area contributed by atoms with Crippen LogP contribution in [0.25, 0.3) is 0 Å². The third-order valence-corrected chi connectivity index (χ3v) is 3.64. The second kappa shape index (κ2) is 8.02. The van der Waals surface area contributed by atoms with E-state index in [0.29, 0.717) is 6.42 Å². The van der Waals surface area contributed by atoms with Gasteiger partial charge in [-0.1, -0.05) is 30.3 Å². The molecule has 0 bridgehead atoms. The maximum Gasteiger partial charge on any atom is 0.220 e. The fourth-order valence-electron chi connectivity index (χ4n) is 2.59. The lowest BCUT2D eigenvalue weighted by Crippen LogP contribution is -2.36. The molecule has 1 aromatic carbocycles. The average molecular weight is 276 g/mol. The lowest BCUT2D eigenvalue weighted by atomic mass is 9.99. The second-order valence-corrected chi connectivity index (χ2v) is 5.21. The van der Waals surface area contributed by atoms with Gasteiger partial charge in [0.2, 0.25) is 5.91 Å². The third kappa shape index (κ3) is 4.32. The number of benzene rings is 1. The molecule has 4 nitrogen and oxygen atoms in total. The Bertz CT molecular complexity index is 402. The number of carbonyl (C=O) groups is 1. The number of nitrogens with one attached hydrogen (secondary N) is 2. The monoisotopic (exact) mass is 276 g/mol. The molecule has 1 fully saturated rings. The van der Waals surface area contributed by atoms with E-state index in [1.165, 1.54) is 0 Å². The Morgan fingerprint density at radius 1 is 1.40 bits per heavy atom. The highest BCUT2D eigenvalue weighted by Gasteiger charge is 2.28. The van der Waals surface area contributed by atoms with Gasteiger partial charge in [-0.25, -0.2) is 0 Å². The van der Waals surface area contributed by atoms with E-state index in [1.807, 2.05) is 25.2 Å². The maximum absolute atomic E-state index is 12.1. The minimum Gasteiger partial charge on any atom is -0.376 e. The first-order chi connectivity index (χ1) is 9.81. The van der Waals surface area contributed by atoms with Crippen molar-refractivity contribution in [1.29, 1.82) is 0 Å². The molecule has 110 valence electrons. The van der Waals surface area contributed by atoms with Crippen LogP contribution in [0, 0.1) is 0 Å². The van der Waals surface area contributed by atoms with Crippen LogP contribution < -0.4 is 10.6 Å². The Morgan fingerprint density at radius 3 is 2.85 bits per heavy atom. The van der Waals surface area contributed by atoms with Gasteiger partial charge in [-0.2, -0.15) is 0 Å². The zero-order chi connectivity index (χ0) is 14.2. The molecule has 0 radical (unpaired) electrons. The van der Waals surface area contributed by atoms with Gasteiger partial charge in [0.1, 0.15) is 0 Å². The number of rotatable bonds is 7. The van der Waals surface area contributed by atoms with E-state index in [-0.39, 0.29) is 18.1 Å². The summed E-state index contributed by atoms with van der Waals surface area (Å²) in [5, 5.41) is 6.20. The predicted octanol–water partition coefficient (Wildman–Crippen LogP) is 2.02. The van der Waals surface area contributed by atoms with Gasteiger partial charge in [0, 0.05) is 13.0 Å². The zero-order valence-electron chi connectivity index (χ0n) is 12.1. The molecule has 1 aromatic rings. The molecule has 20 heavy (non-hydrogen) atoms. The van der Waals surface area contributed by atoms with Gasteiger partial charge in [-0.15, -0.1) is 0 Å². The average Bonchev–Trinajstić information content (AvgIpc) is 3.00. The molecule has 2 unspecified atom stereocenters. The molecule has 2 atom stereocenters. The minimum absolute atomic E-state index is 0.0271. The molecular formula is C16H24N2O2. The van der Waals surface area contributed by atoms with Crippen molar-refractivity contribution in [3.8, 4) is 0 Å². The van der Waals surface area contributed by atoms with E-state index < -0.39 is 0 Å². The summed E-state index contributed by atoms with van der Waals surface area (Å²) in [7, 11) is 1.90. The molecule has 0 aliphatic carbocycles. The summed E-state index contributed by atoms with van der Waals surface area (Å²) in [6, 6.07) is 10.1. The van der Waals surface area contributed by atoms with Crippen LogP contribution in [-0.2, 0) is 9.53 Å². The molecule has 4 heteroatoms. The largest absolute Gasteiger partial charge is 0.376 e. The van der Waals surface area contributed by atoms with Gasteiger partial charge < -0.3 is 15.4 Å². The van der Waals surface area contributed by atoms with Crippen molar-refractivity contribution in [2.24, 2.45) is 0 Å². The number of ether oxygens (including phenoxy) is 1. The number of hydrogen-bond acceptors (Lipinski definition) is 3. The van der Waals surface area contributed by atoms with Crippen molar-refractivity contribution in [3.63, 3.8) is 0 Å². The van der Waals surface area contributed by atoms with Crippen LogP contribution in [0.2, 0.25) is 0 Å². The number of hydrogen-bond donors (Lipinski definition) is 2. The lowest BCUT2D eigenvalue weighted by molar-refractivity contribution is -0.122. The van der Waals surface area contributed by atoms with E-state index in [4.69, 9.17) is 4.74 Å². The summed E-state index contributed by atoms with van der Waals surface area (Å²) in [5.74, 6) is 0.101. The smallest absolute Gasteiger partial charge is 0.220 e. The van der Waals surface area contributed by atoms with E-state index >= 15 is 0 Å². The molecular weight excluding hydrogens is 252 g/mol. The number of carbonyl (C=O) groups excluding carboxylic acids is 1. The van der Waals surface area contributed by atoms with E-state index in [0.717, 1.165) is 38.0 Å². The molecule has 0 spiro atoms. The van der Waals surface area contributed by atoms with Crippen molar-refractivity contribution < 1.29 is 9.53 Å². The van der Waals surface area contributed by atoms with Gasteiger partial charge in [-0.3, -0.25) is 4.79 Å². The van der Waals surface area contributed by atoms with Gasteiger partial charge in [0.15, 0.2) is 0 Å². The summed E-state index contributed by atoms with van der Waals surface area (Å²) >= 11 is 0. The quantitative estimate of drug-likeness (QED) is 0.749. The van der Waals surface area contributed by atoms with Crippen molar-refractivity contribution >= 4 is 5.91 Å². The Labute approximate surface area is 120 Å². The SMILES string of the molecule is CNCCCC(=O)NC(c1ccccc1)C1CCCO1. The highest BCUT2D eigenvalue weighted by Crippen LogP contribution is 2.26. The highest BCUT2D eigenvalue weighted by atomic mass is 16.5. The first kappa shape index (κ1) is 15.0. The van der Waals surface area contributed by atoms with E-state index in [2.05, 4.69) is 22.8 Å². The molecule has 1 amide bonds. The normalized spacial score (nSPS) is 19.8. The molecule has 0 saturated carbocycles. The number of amides is 1. The van der Waals surface area contributed by atoms with Crippen LogP contribution in [0.5, 0.6) is 0 Å². The lowest BCUT2D eigenvalue weighted by Gasteiger charge is -2.24. The van der Waals surface area contributed by atoms with Crippen molar-refractivity contribution in [2.45, 2.75) is 37.8 Å². The van der Waals surface area contributed by atoms with Crippen LogP contribution in [0.15, 0.2) is 30.3 Å². The summed E-state index contributed by atoms with van der Waals surface area (Å²) in [6.07, 6.45) is 3.59. The highest BCUT2D eigenvalue weighted by molar-refractivity contribution is 5.76. The summed E-state index contributed by atoms with van der Waals surface area (Å²) < 4.78 is 5.77. The van der Waals surface area contributed by atoms with Crippen LogP contribution in [0.1, 0.15) is 37.3 Å².